The molecule has 0 unspecified atom stereocenters. The molecule has 4 aliphatic carbocycles. The Morgan fingerprint density at radius 3 is 2.48 bits per heavy atom. The third-order valence-electron chi connectivity index (χ3n) is 11.8. The predicted octanol–water partition coefficient (Wildman–Crippen LogP) is 5.15. The van der Waals surface area contributed by atoms with Crippen LogP contribution in [0.2, 0.25) is 0 Å². The van der Waals surface area contributed by atoms with Crippen LogP contribution in [0.3, 0.4) is 0 Å². The molecule has 0 aliphatic heterocycles. The molecule has 0 aromatic carbocycles. The Balaban J connectivity index is 0.00000294. The monoisotopic (exact) mass is 567 g/mol. The summed E-state index contributed by atoms with van der Waals surface area (Å²) in [6.45, 7) is 16.9. The Morgan fingerprint density at radius 2 is 1.80 bits per heavy atom. The van der Waals surface area contributed by atoms with E-state index in [1.807, 2.05) is 13.8 Å². The summed E-state index contributed by atoms with van der Waals surface area (Å²) >= 11 is 0. The number of nitrogens with one attached hydrogen (secondary N) is 1. The molecule has 0 bridgehead atoms. The summed E-state index contributed by atoms with van der Waals surface area (Å²) in [7, 11) is 0. The standard InChI is InChI=1S/C34H57NO4.Na.H/c1-22(2)9-8-10-24(5)28-13-14-29-27-12-11-25-20-26(39-32(37)31(19-23(3)4)35-38-21-36)15-17-33(25,6)30(27)16-18-34(28,29)7;;/h11,21-24,26-31,35H,8-10,12-20H2,1-7H3;;/q;+1;-1/t24-,26+,27+,28-,29+,30+,31+,33+,34-;;/m1../s1. The molecule has 0 spiro atoms. The van der Waals surface area contributed by atoms with E-state index in [-0.39, 0.29) is 54.4 Å². The van der Waals surface area contributed by atoms with Crippen molar-refractivity contribution >= 4 is 12.4 Å². The fraction of sp³-hybridized carbons (Fsp3) is 0.882. The van der Waals surface area contributed by atoms with Crippen LogP contribution in [-0.2, 0) is 19.2 Å². The zero-order chi connectivity index (χ0) is 28.4. The minimum atomic E-state index is -0.618. The van der Waals surface area contributed by atoms with Crippen molar-refractivity contribution in [2.45, 2.75) is 138 Å². The Hall–Kier alpha value is -0.360. The molecule has 40 heavy (non-hydrogen) atoms. The Labute approximate surface area is 268 Å². The minimum Gasteiger partial charge on any atom is -1.00 e. The number of hydroxylamine groups is 1. The van der Waals surface area contributed by atoms with Crippen molar-refractivity contribution in [3.63, 3.8) is 0 Å². The van der Waals surface area contributed by atoms with Gasteiger partial charge in [-0.15, -0.1) is 5.48 Å². The quantitative estimate of drug-likeness (QED) is 0.116. The first-order valence-corrected chi connectivity index (χ1v) is 16.2. The second-order valence-corrected chi connectivity index (χ2v) is 15.1. The average Bonchev–Trinajstić information content (AvgIpc) is 3.23. The molecule has 0 aromatic rings. The molecular formula is C34H58NNaO4. The number of rotatable bonds is 12. The molecule has 224 valence electrons. The van der Waals surface area contributed by atoms with E-state index in [0.717, 1.165) is 54.8 Å². The molecule has 3 fully saturated rings. The van der Waals surface area contributed by atoms with Crippen molar-refractivity contribution in [1.29, 1.82) is 0 Å². The molecule has 0 saturated heterocycles. The summed E-state index contributed by atoms with van der Waals surface area (Å²) < 4.78 is 6.02. The maximum absolute atomic E-state index is 13.0. The van der Waals surface area contributed by atoms with E-state index >= 15 is 0 Å². The van der Waals surface area contributed by atoms with Crippen molar-refractivity contribution in [3.8, 4) is 0 Å². The number of carbonyl (C=O) groups is 2. The molecule has 4 aliphatic rings. The van der Waals surface area contributed by atoms with Crippen LogP contribution >= 0.6 is 0 Å². The Bertz CT molecular complexity index is 896. The second kappa shape index (κ2) is 14.4. The molecule has 4 rings (SSSR count). The third kappa shape index (κ3) is 7.22. The van der Waals surface area contributed by atoms with Crippen LogP contribution in [0.25, 0.3) is 0 Å². The van der Waals surface area contributed by atoms with Gasteiger partial charge in [-0.05, 0) is 104 Å². The summed E-state index contributed by atoms with van der Waals surface area (Å²) in [5.74, 6) is 4.96. The second-order valence-electron chi connectivity index (χ2n) is 15.1. The molecule has 0 amide bonds. The van der Waals surface area contributed by atoms with Crippen LogP contribution < -0.4 is 35.0 Å². The van der Waals surface area contributed by atoms with Crippen molar-refractivity contribution < 1.29 is 50.1 Å². The van der Waals surface area contributed by atoms with Gasteiger partial charge < -0.3 is 11.0 Å². The third-order valence-corrected chi connectivity index (χ3v) is 11.8. The maximum atomic E-state index is 13.0. The fourth-order valence-corrected chi connectivity index (χ4v) is 9.77. The summed E-state index contributed by atoms with van der Waals surface area (Å²) in [5.41, 5.74) is 4.87. The van der Waals surface area contributed by atoms with Crippen molar-refractivity contribution in [2.24, 2.45) is 52.3 Å². The van der Waals surface area contributed by atoms with Crippen LogP contribution in [0, 0.1) is 52.3 Å². The topological polar surface area (TPSA) is 64.6 Å². The maximum Gasteiger partial charge on any atom is 1.00 e. The molecule has 9 atom stereocenters. The molecule has 1 N–H and O–H groups in total. The van der Waals surface area contributed by atoms with E-state index in [1.165, 1.54) is 56.9 Å². The summed E-state index contributed by atoms with van der Waals surface area (Å²) in [5, 5.41) is 0. The van der Waals surface area contributed by atoms with Crippen LogP contribution in [-0.4, -0.2) is 24.6 Å². The van der Waals surface area contributed by atoms with Gasteiger partial charge in [0.1, 0.15) is 12.1 Å². The van der Waals surface area contributed by atoms with Crippen LogP contribution in [0.1, 0.15) is 127 Å². The van der Waals surface area contributed by atoms with E-state index in [4.69, 9.17) is 9.57 Å². The zero-order valence-corrected chi connectivity index (χ0v) is 29.0. The van der Waals surface area contributed by atoms with Crippen molar-refractivity contribution in [1.82, 2.24) is 5.48 Å². The first-order valence-electron chi connectivity index (χ1n) is 16.2. The number of allylic oxidation sites excluding steroid dienone is 1. The molecule has 6 heteroatoms. The van der Waals surface area contributed by atoms with Gasteiger partial charge in [0.15, 0.2) is 0 Å². The van der Waals surface area contributed by atoms with E-state index in [0.29, 0.717) is 18.3 Å². The molecule has 0 radical (unpaired) electrons. The first kappa shape index (κ1) is 34.1. The SMILES string of the molecule is CC(C)CCC[C@@H](C)[C@H]1CC[C@H]2[C@@H]3CC=C4C[C@@H](OC(=O)[C@H](CC(C)C)NOC=O)CC[C@]4(C)[C@H]3CC[C@]12C.[H-].[Na+]. The van der Waals surface area contributed by atoms with Gasteiger partial charge in [0.05, 0.1) is 0 Å². The van der Waals surface area contributed by atoms with E-state index < -0.39 is 6.04 Å². The van der Waals surface area contributed by atoms with Gasteiger partial charge in [-0.2, -0.15) is 0 Å². The first-order chi connectivity index (χ1) is 18.5. The summed E-state index contributed by atoms with van der Waals surface area (Å²) in [4.78, 5) is 28.4. The van der Waals surface area contributed by atoms with Gasteiger partial charge in [-0.3, -0.25) is 9.59 Å². The minimum absolute atomic E-state index is 0. The van der Waals surface area contributed by atoms with E-state index in [9.17, 15) is 9.59 Å². The number of esters is 1. The molecule has 5 nitrogen and oxygen atoms in total. The van der Waals surface area contributed by atoms with Crippen molar-refractivity contribution in [2.75, 3.05) is 0 Å². The van der Waals surface area contributed by atoms with E-state index in [2.05, 4.69) is 46.2 Å². The normalized spacial score (nSPS) is 36.4. The molecule has 3 saturated carbocycles. The number of hydrogen-bond acceptors (Lipinski definition) is 5. The van der Waals surface area contributed by atoms with Gasteiger partial charge in [0.25, 0.3) is 0 Å². The number of hydrogen-bond donors (Lipinski definition) is 1. The summed E-state index contributed by atoms with van der Waals surface area (Å²) in [6.07, 6.45) is 16.9. The Morgan fingerprint density at radius 1 is 1.05 bits per heavy atom. The van der Waals surface area contributed by atoms with Crippen LogP contribution in [0.5, 0.6) is 0 Å². The largest absolute Gasteiger partial charge is 1.00 e. The molecule has 0 heterocycles. The number of fused-ring (bicyclic) bond motifs is 5. The molecular weight excluding hydrogens is 509 g/mol. The van der Waals surface area contributed by atoms with E-state index in [1.54, 1.807) is 0 Å². The Kier molecular flexibility index (Phi) is 12.3. The van der Waals surface area contributed by atoms with Crippen LogP contribution in [0.4, 0.5) is 0 Å². The molecule has 0 aromatic heterocycles. The van der Waals surface area contributed by atoms with Gasteiger partial charge in [-0.25, -0.2) is 0 Å². The van der Waals surface area contributed by atoms with Gasteiger partial charge in [-0.1, -0.05) is 79.4 Å². The predicted molar refractivity (Wildman–Crippen MR) is 158 cm³/mol. The van der Waals surface area contributed by atoms with Crippen molar-refractivity contribution in [3.05, 3.63) is 11.6 Å². The average molecular weight is 568 g/mol. The van der Waals surface area contributed by atoms with Gasteiger partial charge >= 0.3 is 42.0 Å². The smallest absolute Gasteiger partial charge is 1.00 e. The van der Waals surface area contributed by atoms with Gasteiger partial charge in [0, 0.05) is 6.42 Å². The number of carbonyl (C=O) groups excluding carboxylic acids is 2. The van der Waals surface area contributed by atoms with Crippen LogP contribution in [0.15, 0.2) is 11.6 Å². The summed E-state index contributed by atoms with van der Waals surface area (Å²) in [6, 6.07) is -0.618. The fourth-order valence-electron chi connectivity index (χ4n) is 9.77. The number of ether oxygens (including phenoxy) is 1. The van der Waals surface area contributed by atoms with Gasteiger partial charge in [0.2, 0.25) is 0 Å². The zero-order valence-electron chi connectivity index (χ0n) is 28.0.